The Labute approximate surface area is 157 Å². The Balaban J connectivity index is 1.98. The van der Waals surface area contributed by atoms with Gasteiger partial charge in [0, 0.05) is 25.7 Å². The van der Waals surface area contributed by atoms with Gasteiger partial charge in [-0.25, -0.2) is 4.98 Å². The third kappa shape index (κ3) is 4.18. The molecule has 1 N–H and O–H groups in total. The van der Waals surface area contributed by atoms with Crippen molar-refractivity contribution in [3.8, 4) is 0 Å². The Morgan fingerprint density at radius 1 is 1.00 bits per heavy atom. The van der Waals surface area contributed by atoms with Crippen LogP contribution in [0.5, 0.6) is 0 Å². The average Bonchev–Trinajstić information content (AvgIpc) is 2.66. The molecule has 3 rings (SSSR count). The van der Waals surface area contributed by atoms with Crippen LogP contribution in [0.4, 0.5) is 11.8 Å². The molecule has 0 radical (unpaired) electrons. The molecule has 0 aliphatic heterocycles. The van der Waals surface area contributed by atoms with Gasteiger partial charge in [-0.1, -0.05) is 72.3 Å². The Kier molecular flexibility index (Phi) is 5.49. The zero-order chi connectivity index (χ0) is 18.5. The van der Waals surface area contributed by atoms with Crippen LogP contribution in [-0.2, 0) is 0 Å². The number of Topliss-reactive ketones (excluding diaryl/α,β-unsaturated/α-hetero) is 1. The molecular weight excluding hydrogens is 348 g/mol. The molecule has 0 fully saturated rings. The fourth-order valence-electron chi connectivity index (χ4n) is 2.54. The van der Waals surface area contributed by atoms with E-state index in [4.69, 9.17) is 11.6 Å². The second-order valence-electron chi connectivity index (χ2n) is 5.99. The zero-order valence-corrected chi connectivity index (χ0v) is 15.3. The van der Waals surface area contributed by atoms with E-state index in [0.29, 0.717) is 22.5 Å². The number of halogens is 1. The van der Waals surface area contributed by atoms with Crippen LogP contribution in [-0.4, -0.2) is 29.8 Å². The highest BCUT2D eigenvalue weighted by atomic mass is 35.5. The highest BCUT2D eigenvalue weighted by Gasteiger charge is 2.22. The van der Waals surface area contributed by atoms with E-state index < -0.39 is 6.04 Å². The van der Waals surface area contributed by atoms with Crippen LogP contribution < -0.4 is 10.2 Å². The highest BCUT2D eigenvalue weighted by molar-refractivity contribution is 6.29. The summed E-state index contributed by atoms with van der Waals surface area (Å²) >= 11 is 6.12. The first-order valence-electron chi connectivity index (χ1n) is 8.17. The number of anilines is 2. The summed E-state index contributed by atoms with van der Waals surface area (Å²) in [5, 5.41) is 3.53. The van der Waals surface area contributed by atoms with Gasteiger partial charge in [-0.15, -0.1) is 0 Å². The summed E-state index contributed by atoms with van der Waals surface area (Å²) < 4.78 is 0. The number of nitrogens with zero attached hydrogens (tertiary/aromatic N) is 3. The number of ketones is 1. The average molecular weight is 367 g/mol. The lowest BCUT2D eigenvalue weighted by Crippen LogP contribution is -2.22. The predicted molar refractivity (Wildman–Crippen MR) is 105 cm³/mol. The molecule has 1 atom stereocenters. The van der Waals surface area contributed by atoms with Crippen LogP contribution >= 0.6 is 11.6 Å². The minimum atomic E-state index is -0.584. The van der Waals surface area contributed by atoms with Crippen molar-refractivity contribution in [2.45, 2.75) is 6.04 Å². The number of nitrogens with one attached hydrogen (secondary N) is 1. The highest BCUT2D eigenvalue weighted by Crippen LogP contribution is 2.25. The van der Waals surface area contributed by atoms with Gasteiger partial charge in [0.1, 0.15) is 17.0 Å². The standard InChI is InChI=1S/C20H19ClN4O/c1-25(2)20-22-16(21)13-17(24-20)23-18(14-9-5-3-6-10-14)19(26)15-11-7-4-8-12-15/h3-13,18H,1-2H3,(H,22,23,24). The number of benzene rings is 2. The third-order valence-corrected chi connectivity index (χ3v) is 4.02. The zero-order valence-electron chi connectivity index (χ0n) is 14.6. The Bertz CT molecular complexity index is 885. The van der Waals surface area contributed by atoms with Crippen molar-refractivity contribution in [2.24, 2.45) is 0 Å². The summed E-state index contributed by atoms with van der Waals surface area (Å²) in [4.78, 5) is 23.5. The number of rotatable bonds is 6. The van der Waals surface area contributed by atoms with Gasteiger partial charge in [-0.05, 0) is 5.56 Å². The van der Waals surface area contributed by atoms with Gasteiger partial charge in [0.05, 0.1) is 0 Å². The fraction of sp³-hybridized carbons (Fsp3) is 0.150. The van der Waals surface area contributed by atoms with Crippen molar-refractivity contribution in [3.05, 3.63) is 83.0 Å². The quantitative estimate of drug-likeness (QED) is 0.522. The fourth-order valence-corrected chi connectivity index (χ4v) is 2.72. The maximum absolute atomic E-state index is 13.1. The lowest BCUT2D eigenvalue weighted by atomic mass is 9.97. The third-order valence-electron chi connectivity index (χ3n) is 3.83. The molecular formula is C20H19ClN4O. The van der Waals surface area contributed by atoms with Crippen LogP contribution in [0.15, 0.2) is 66.7 Å². The summed E-state index contributed by atoms with van der Waals surface area (Å²) in [5.41, 5.74) is 1.48. The van der Waals surface area contributed by atoms with Crippen LogP contribution in [0.1, 0.15) is 22.0 Å². The number of hydrogen-bond acceptors (Lipinski definition) is 5. The molecule has 5 nitrogen and oxygen atoms in total. The van der Waals surface area contributed by atoms with E-state index in [-0.39, 0.29) is 5.78 Å². The van der Waals surface area contributed by atoms with Gasteiger partial charge < -0.3 is 10.2 Å². The molecule has 0 saturated heterocycles. The molecule has 0 bridgehead atoms. The smallest absolute Gasteiger partial charge is 0.228 e. The van der Waals surface area contributed by atoms with E-state index in [2.05, 4.69) is 15.3 Å². The van der Waals surface area contributed by atoms with Crippen molar-refractivity contribution < 1.29 is 4.79 Å². The van der Waals surface area contributed by atoms with Gasteiger partial charge >= 0.3 is 0 Å². The summed E-state index contributed by atoms with van der Waals surface area (Å²) in [7, 11) is 3.67. The first-order valence-corrected chi connectivity index (χ1v) is 8.55. The Hall–Kier alpha value is -2.92. The molecule has 1 unspecified atom stereocenters. The Morgan fingerprint density at radius 2 is 1.62 bits per heavy atom. The first-order chi connectivity index (χ1) is 12.5. The summed E-state index contributed by atoms with van der Waals surface area (Å²) in [6, 6.07) is 19.8. The summed E-state index contributed by atoms with van der Waals surface area (Å²) in [6.07, 6.45) is 0. The van der Waals surface area contributed by atoms with Crippen molar-refractivity contribution in [2.75, 3.05) is 24.3 Å². The molecule has 0 aliphatic rings. The van der Waals surface area contributed by atoms with Crippen molar-refractivity contribution >= 4 is 29.2 Å². The van der Waals surface area contributed by atoms with E-state index in [1.165, 1.54) is 0 Å². The van der Waals surface area contributed by atoms with E-state index in [1.807, 2.05) is 62.6 Å². The van der Waals surface area contributed by atoms with Crippen molar-refractivity contribution in [1.29, 1.82) is 0 Å². The minimum absolute atomic E-state index is 0.0436. The van der Waals surface area contributed by atoms with Crippen LogP contribution in [0.25, 0.3) is 0 Å². The molecule has 6 heteroatoms. The van der Waals surface area contributed by atoms with E-state index in [0.717, 1.165) is 5.56 Å². The molecule has 26 heavy (non-hydrogen) atoms. The normalized spacial score (nSPS) is 11.7. The second kappa shape index (κ2) is 7.97. The summed E-state index contributed by atoms with van der Waals surface area (Å²) in [5.74, 6) is 0.920. The molecule has 0 saturated carbocycles. The molecule has 1 heterocycles. The van der Waals surface area contributed by atoms with Gasteiger partial charge in [0.2, 0.25) is 5.95 Å². The lowest BCUT2D eigenvalue weighted by molar-refractivity contribution is 0.0969. The number of carbonyl (C=O) groups excluding carboxylic acids is 1. The van der Waals surface area contributed by atoms with Crippen LogP contribution in [0, 0.1) is 0 Å². The minimum Gasteiger partial charge on any atom is -0.356 e. The van der Waals surface area contributed by atoms with Crippen molar-refractivity contribution in [1.82, 2.24) is 9.97 Å². The first kappa shape index (κ1) is 17.9. The Morgan fingerprint density at radius 3 is 2.23 bits per heavy atom. The second-order valence-corrected chi connectivity index (χ2v) is 6.38. The lowest BCUT2D eigenvalue weighted by Gasteiger charge is -2.20. The van der Waals surface area contributed by atoms with E-state index >= 15 is 0 Å². The molecule has 132 valence electrons. The molecule has 3 aromatic rings. The summed E-state index contributed by atoms with van der Waals surface area (Å²) in [6.45, 7) is 0. The van der Waals surface area contributed by atoms with Gasteiger partial charge in [-0.2, -0.15) is 4.98 Å². The van der Waals surface area contributed by atoms with Crippen LogP contribution in [0.2, 0.25) is 5.15 Å². The van der Waals surface area contributed by atoms with Crippen molar-refractivity contribution in [3.63, 3.8) is 0 Å². The molecule has 0 amide bonds. The topological polar surface area (TPSA) is 58.1 Å². The van der Waals surface area contributed by atoms with Gasteiger partial charge in [0.25, 0.3) is 0 Å². The number of hydrogen-bond donors (Lipinski definition) is 1. The van der Waals surface area contributed by atoms with E-state index in [1.54, 1.807) is 23.1 Å². The number of carbonyl (C=O) groups is 1. The van der Waals surface area contributed by atoms with E-state index in [9.17, 15) is 4.79 Å². The maximum atomic E-state index is 13.1. The molecule has 2 aromatic carbocycles. The molecule has 0 aliphatic carbocycles. The monoisotopic (exact) mass is 366 g/mol. The number of aromatic nitrogens is 2. The van der Waals surface area contributed by atoms with Gasteiger partial charge in [0.15, 0.2) is 5.78 Å². The molecule has 0 spiro atoms. The largest absolute Gasteiger partial charge is 0.356 e. The maximum Gasteiger partial charge on any atom is 0.228 e. The van der Waals surface area contributed by atoms with Gasteiger partial charge in [-0.3, -0.25) is 4.79 Å². The molecule has 1 aromatic heterocycles. The van der Waals surface area contributed by atoms with Crippen LogP contribution in [0.3, 0.4) is 0 Å². The SMILES string of the molecule is CN(C)c1nc(Cl)cc(NC(C(=O)c2ccccc2)c2ccccc2)n1. The predicted octanol–water partition coefficient (Wildman–Crippen LogP) is 4.23.